The number of nitrogens with one attached hydrogen (secondary N) is 1. The summed E-state index contributed by atoms with van der Waals surface area (Å²) in [5.41, 5.74) is 1.20. The molecule has 16 heavy (non-hydrogen) atoms. The molecule has 0 fully saturated rings. The van der Waals surface area contributed by atoms with Gasteiger partial charge < -0.3 is 5.32 Å². The summed E-state index contributed by atoms with van der Waals surface area (Å²) < 4.78 is 0. The van der Waals surface area contributed by atoms with Gasteiger partial charge in [0.15, 0.2) is 0 Å². The molecule has 0 spiro atoms. The second-order valence-corrected chi connectivity index (χ2v) is 4.54. The number of pyridine rings is 1. The number of halogens is 1. The fourth-order valence-corrected chi connectivity index (χ4v) is 1.86. The smallest absolute Gasteiger partial charge is 0.129 e. The summed E-state index contributed by atoms with van der Waals surface area (Å²) in [5.74, 6) is 0. The van der Waals surface area contributed by atoms with Crippen LogP contribution in [0.1, 0.15) is 51.1 Å². The molecule has 0 aliphatic carbocycles. The first-order valence-corrected chi connectivity index (χ1v) is 6.46. The largest absolute Gasteiger partial charge is 0.310 e. The average molecular weight is 241 g/mol. The Morgan fingerprint density at radius 1 is 1.38 bits per heavy atom. The summed E-state index contributed by atoms with van der Waals surface area (Å²) in [6, 6.07) is 4.28. The van der Waals surface area contributed by atoms with Crippen molar-refractivity contribution < 1.29 is 0 Å². The lowest BCUT2D eigenvalue weighted by Crippen LogP contribution is -2.19. The molecule has 0 aliphatic rings. The Morgan fingerprint density at radius 2 is 2.19 bits per heavy atom. The zero-order valence-electron chi connectivity index (χ0n) is 10.2. The Kier molecular flexibility index (Phi) is 6.43. The van der Waals surface area contributed by atoms with Gasteiger partial charge in [0.2, 0.25) is 0 Å². The van der Waals surface area contributed by atoms with Crippen molar-refractivity contribution in [2.24, 2.45) is 0 Å². The van der Waals surface area contributed by atoms with E-state index < -0.39 is 0 Å². The molecule has 0 amide bonds. The first-order chi connectivity index (χ1) is 7.74. The third-order valence-electron chi connectivity index (χ3n) is 2.73. The Hall–Kier alpha value is -0.600. The third-order valence-corrected chi connectivity index (χ3v) is 2.94. The Morgan fingerprint density at radius 3 is 2.88 bits per heavy atom. The first kappa shape index (κ1) is 13.5. The molecule has 1 aromatic heterocycles. The highest BCUT2D eigenvalue weighted by Gasteiger charge is 2.04. The Balaban J connectivity index is 2.27. The van der Waals surface area contributed by atoms with Crippen molar-refractivity contribution >= 4 is 11.6 Å². The molecule has 0 saturated heterocycles. The fourth-order valence-electron chi connectivity index (χ4n) is 1.67. The fraction of sp³-hybridized carbons (Fsp3) is 0.615. The van der Waals surface area contributed by atoms with Crippen LogP contribution < -0.4 is 5.32 Å². The summed E-state index contributed by atoms with van der Waals surface area (Å²) >= 11 is 5.85. The van der Waals surface area contributed by atoms with Gasteiger partial charge in [0.05, 0.1) is 0 Å². The van der Waals surface area contributed by atoms with E-state index in [1.807, 2.05) is 12.1 Å². The molecule has 0 saturated carbocycles. The van der Waals surface area contributed by atoms with Crippen LogP contribution in [0.2, 0.25) is 5.15 Å². The molecule has 1 aromatic rings. The highest BCUT2D eigenvalue weighted by molar-refractivity contribution is 6.29. The molecule has 1 atom stereocenters. The number of rotatable bonds is 7. The van der Waals surface area contributed by atoms with Crippen LogP contribution in [0.3, 0.4) is 0 Å². The SMILES string of the molecule is CCCCCCNC(C)c1ccnc(Cl)c1. The molecule has 90 valence electrons. The predicted octanol–water partition coefficient (Wildman–Crippen LogP) is 3.97. The van der Waals surface area contributed by atoms with Gasteiger partial charge in [-0.25, -0.2) is 4.98 Å². The van der Waals surface area contributed by atoms with E-state index in [4.69, 9.17) is 11.6 Å². The summed E-state index contributed by atoms with van der Waals surface area (Å²) in [5, 5.41) is 4.07. The van der Waals surface area contributed by atoms with Crippen LogP contribution in [-0.4, -0.2) is 11.5 Å². The van der Waals surface area contributed by atoms with E-state index in [1.54, 1.807) is 6.20 Å². The van der Waals surface area contributed by atoms with Crippen molar-refractivity contribution in [3.63, 3.8) is 0 Å². The van der Waals surface area contributed by atoms with Gasteiger partial charge in [-0.15, -0.1) is 0 Å². The van der Waals surface area contributed by atoms with Crippen LogP contribution in [0.5, 0.6) is 0 Å². The van der Waals surface area contributed by atoms with E-state index >= 15 is 0 Å². The summed E-state index contributed by atoms with van der Waals surface area (Å²) in [6.07, 6.45) is 6.93. The van der Waals surface area contributed by atoms with Crippen molar-refractivity contribution in [2.45, 2.75) is 45.6 Å². The van der Waals surface area contributed by atoms with Crippen molar-refractivity contribution in [3.05, 3.63) is 29.0 Å². The lowest BCUT2D eigenvalue weighted by atomic mass is 10.1. The standard InChI is InChI=1S/C13H21ClN2/c1-3-4-5-6-8-15-11(2)12-7-9-16-13(14)10-12/h7,9-11,15H,3-6,8H2,1-2H3. The molecule has 0 bridgehead atoms. The Bertz CT molecular complexity index is 302. The van der Waals surface area contributed by atoms with Crippen molar-refractivity contribution in [3.8, 4) is 0 Å². The lowest BCUT2D eigenvalue weighted by molar-refractivity contribution is 0.536. The number of hydrogen-bond donors (Lipinski definition) is 1. The average Bonchev–Trinajstić information content (AvgIpc) is 2.28. The van der Waals surface area contributed by atoms with Crippen molar-refractivity contribution in [2.75, 3.05) is 6.54 Å². The van der Waals surface area contributed by atoms with Gasteiger partial charge in [0.25, 0.3) is 0 Å². The van der Waals surface area contributed by atoms with Gasteiger partial charge in [0.1, 0.15) is 5.15 Å². The van der Waals surface area contributed by atoms with Crippen LogP contribution in [0, 0.1) is 0 Å². The summed E-state index contributed by atoms with van der Waals surface area (Å²) in [4.78, 5) is 3.98. The zero-order chi connectivity index (χ0) is 11.8. The summed E-state index contributed by atoms with van der Waals surface area (Å²) in [6.45, 7) is 5.46. The van der Waals surface area contributed by atoms with Crippen LogP contribution >= 0.6 is 11.6 Å². The van der Waals surface area contributed by atoms with E-state index in [0.717, 1.165) is 6.54 Å². The minimum atomic E-state index is 0.349. The molecule has 0 radical (unpaired) electrons. The maximum atomic E-state index is 5.85. The maximum absolute atomic E-state index is 5.85. The quantitative estimate of drug-likeness (QED) is 0.576. The molecule has 0 aromatic carbocycles. The number of aromatic nitrogens is 1. The number of unbranched alkanes of at least 4 members (excludes halogenated alkanes) is 3. The van der Waals surface area contributed by atoms with Crippen molar-refractivity contribution in [1.82, 2.24) is 10.3 Å². The minimum absolute atomic E-state index is 0.349. The molecule has 3 heteroatoms. The monoisotopic (exact) mass is 240 g/mol. The van der Waals surface area contributed by atoms with Crippen LogP contribution in [0.4, 0.5) is 0 Å². The molecule has 2 nitrogen and oxygen atoms in total. The second-order valence-electron chi connectivity index (χ2n) is 4.15. The van der Waals surface area contributed by atoms with Crippen LogP contribution in [0.15, 0.2) is 18.3 Å². The molecule has 1 unspecified atom stereocenters. The Labute approximate surface area is 103 Å². The summed E-state index contributed by atoms with van der Waals surface area (Å²) in [7, 11) is 0. The topological polar surface area (TPSA) is 24.9 Å². The lowest BCUT2D eigenvalue weighted by Gasteiger charge is -2.14. The van der Waals surface area contributed by atoms with E-state index in [1.165, 1.54) is 31.2 Å². The third kappa shape index (κ3) is 4.95. The van der Waals surface area contributed by atoms with E-state index in [0.29, 0.717) is 11.2 Å². The second kappa shape index (κ2) is 7.64. The van der Waals surface area contributed by atoms with Crippen molar-refractivity contribution in [1.29, 1.82) is 0 Å². The highest BCUT2D eigenvalue weighted by atomic mass is 35.5. The maximum Gasteiger partial charge on any atom is 0.129 e. The first-order valence-electron chi connectivity index (χ1n) is 6.09. The molecular formula is C13H21ClN2. The molecule has 1 rings (SSSR count). The van der Waals surface area contributed by atoms with Crippen LogP contribution in [-0.2, 0) is 0 Å². The van der Waals surface area contributed by atoms with Gasteiger partial charge in [-0.05, 0) is 37.6 Å². The van der Waals surface area contributed by atoms with E-state index in [2.05, 4.69) is 24.1 Å². The minimum Gasteiger partial charge on any atom is -0.310 e. The zero-order valence-corrected chi connectivity index (χ0v) is 10.9. The van der Waals surface area contributed by atoms with Gasteiger partial charge >= 0.3 is 0 Å². The number of hydrogen-bond acceptors (Lipinski definition) is 2. The molecule has 1 N–H and O–H groups in total. The van der Waals surface area contributed by atoms with Crippen LogP contribution in [0.25, 0.3) is 0 Å². The van der Waals surface area contributed by atoms with Gasteiger partial charge in [-0.3, -0.25) is 0 Å². The van der Waals surface area contributed by atoms with Gasteiger partial charge in [0, 0.05) is 12.2 Å². The normalized spacial score (nSPS) is 12.7. The molecule has 0 aliphatic heterocycles. The van der Waals surface area contributed by atoms with Gasteiger partial charge in [-0.1, -0.05) is 37.8 Å². The van der Waals surface area contributed by atoms with Gasteiger partial charge in [-0.2, -0.15) is 0 Å². The number of nitrogens with zero attached hydrogens (tertiary/aromatic N) is 1. The molecule has 1 heterocycles. The predicted molar refractivity (Wildman–Crippen MR) is 69.8 cm³/mol. The van der Waals surface area contributed by atoms with E-state index in [-0.39, 0.29) is 0 Å². The van der Waals surface area contributed by atoms with E-state index in [9.17, 15) is 0 Å². The highest BCUT2D eigenvalue weighted by Crippen LogP contribution is 2.15. The molecular weight excluding hydrogens is 220 g/mol.